The summed E-state index contributed by atoms with van der Waals surface area (Å²) in [7, 11) is 0. The Morgan fingerprint density at radius 3 is 2.74 bits per heavy atom. The van der Waals surface area contributed by atoms with Crippen LogP contribution in [-0.2, 0) is 0 Å². The molecule has 0 saturated heterocycles. The Bertz CT molecular complexity index is 418. The van der Waals surface area contributed by atoms with Crippen LogP contribution in [0.25, 0.3) is 0 Å². The molecule has 4 heteroatoms. The summed E-state index contributed by atoms with van der Waals surface area (Å²) >= 11 is 0. The number of unbranched alkanes of at least 4 members (excludes halogenated alkanes) is 2. The molecule has 1 atom stereocenters. The van der Waals surface area contributed by atoms with Crippen LogP contribution in [0.1, 0.15) is 55.5 Å². The van der Waals surface area contributed by atoms with E-state index in [0.717, 1.165) is 18.4 Å². The highest BCUT2D eigenvalue weighted by Gasteiger charge is 2.13. The number of anilines is 1. The normalized spacial score (nSPS) is 12.0. The summed E-state index contributed by atoms with van der Waals surface area (Å²) in [5.74, 6) is 5.38. The van der Waals surface area contributed by atoms with Crippen molar-refractivity contribution in [2.45, 2.75) is 52.5 Å². The highest BCUT2D eigenvalue weighted by molar-refractivity contribution is 5.99. The lowest BCUT2D eigenvalue weighted by Gasteiger charge is -2.15. The zero-order chi connectivity index (χ0) is 14.3. The smallest absolute Gasteiger partial charge is 0.253 e. The number of aryl methyl sites for hydroxylation is 1. The third kappa shape index (κ3) is 4.91. The van der Waals surface area contributed by atoms with Gasteiger partial charge in [-0.05, 0) is 38.0 Å². The predicted octanol–water partition coefficient (Wildman–Crippen LogP) is 2.98. The monoisotopic (exact) mass is 263 g/mol. The molecule has 1 unspecified atom stereocenters. The molecule has 0 aromatic heterocycles. The Balaban J connectivity index is 2.62. The first-order valence-corrected chi connectivity index (χ1v) is 6.96. The number of amides is 1. The van der Waals surface area contributed by atoms with E-state index in [-0.39, 0.29) is 11.9 Å². The van der Waals surface area contributed by atoms with Crippen LogP contribution in [0.2, 0.25) is 0 Å². The second kappa shape index (κ2) is 7.79. The van der Waals surface area contributed by atoms with Crippen LogP contribution < -0.4 is 16.6 Å². The third-order valence-corrected chi connectivity index (χ3v) is 3.19. The molecule has 1 aromatic carbocycles. The van der Waals surface area contributed by atoms with Gasteiger partial charge in [0.25, 0.3) is 5.91 Å². The molecule has 0 aliphatic rings. The molecule has 4 nitrogen and oxygen atoms in total. The number of nitrogens with one attached hydrogen (secondary N) is 2. The average molecular weight is 263 g/mol. The number of hydrogen-bond acceptors (Lipinski definition) is 3. The first-order valence-electron chi connectivity index (χ1n) is 6.96. The van der Waals surface area contributed by atoms with E-state index in [1.54, 1.807) is 6.07 Å². The van der Waals surface area contributed by atoms with E-state index in [1.165, 1.54) is 12.8 Å². The molecular weight excluding hydrogens is 238 g/mol. The maximum absolute atomic E-state index is 12.2. The van der Waals surface area contributed by atoms with Crippen LogP contribution in [0.5, 0.6) is 0 Å². The average Bonchev–Trinajstić information content (AvgIpc) is 2.38. The molecule has 0 aliphatic heterocycles. The number of hydrazine groups is 1. The van der Waals surface area contributed by atoms with Crippen molar-refractivity contribution in [1.82, 2.24) is 5.32 Å². The van der Waals surface area contributed by atoms with E-state index in [0.29, 0.717) is 11.3 Å². The molecule has 0 spiro atoms. The number of rotatable bonds is 7. The van der Waals surface area contributed by atoms with Gasteiger partial charge in [-0.25, -0.2) is 0 Å². The second-order valence-electron chi connectivity index (χ2n) is 5.06. The topological polar surface area (TPSA) is 67.2 Å². The van der Waals surface area contributed by atoms with E-state index in [9.17, 15) is 4.79 Å². The van der Waals surface area contributed by atoms with Crippen LogP contribution in [0.3, 0.4) is 0 Å². The predicted molar refractivity (Wildman–Crippen MR) is 80.1 cm³/mol. The molecule has 0 aliphatic carbocycles. The van der Waals surface area contributed by atoms with E-state index in [2.05, 4.69) is 17.7 Å². The largest absolute Gasteiger partial charge is 0.350 e. The molecule has 0 radical (unpaired) electrons. The van der Waals surface area contributed by atoms with Gasteiger partial charge in [0, 0.05) is 6.04 Å². The van der Waals surface area contributed by atoms with Crippen molar-refractivity contribution >= 4 is 11.6 Å². The Hall–Kier alpha value is -1.55. The molecule has 1 amide bonds. The molecule has 1 rings (SSSR count). The number of hydrogen-bond donors (Lipinski definition) is 3. The number of carbonyl (C=O) groups is 1. The van der Waals surface area contributed by atoms with E-state index in [4.69, 9.17) is 5.84 Å². The van der Waals surface area contributed by atoms with Gasteiger partial charge in [-0.2, -0.15) is 0 Å². The molecule has 0 fully saturated rings. The summed E-state index contributed by atoms with van der Waals surface area (Å²) in [4.78, 5) is 12.2. The zero-order valence-corrected chi connectivity index (χ0v) is 12.1. The van der Waals surface area contributed by atoms with Gasteiger partial charge in [-0.15, -0.1) is 0 Å². The summed E-state index contributed by atoms with van der Waals surface area (Å²) in [5, 5.41) is 3.01. The molecule has 0 saturated carbocycles. The zero-order valence-electron chi connectivity index (χ0n) is 12.1. The number of nitrogen functional groups attached to an aromatic ring is 1. The van der Waals surface area contributed by atoms with Crippen molar-refractivity contribution in [3.63, 3.8) is 0 Å². The van der Waals surface area contributed by atoms with E-state index >= 15 is 0 Å². The highest BCUT2D eigenvalue weighted by Crippen LogP contribution is 2.16. The fourth-order valence-corrected chi connectivity index (χ4v) is 2.05. The Labute approximate surface area is 115 Å². The van der Waals surface area contributed by atoms with Crippen molar-refractivity contribution in [3.05, 3.63) is 29.3 Å². The molecular formula is C15H25N3O. The van der Waals surface area contributed by atoms with Gasteiger partial charge in [0.1, 0.15) is 0 Å². The van der Waals surface area contributed by atoms with Gasteiger partial charge >= 0.3 is 0 Å². The third-order valence-electron chi connectivity index (χ3n) is 3.19. The SMILES string of the molecule is CCCCCC(C)NC(=O)c1ccc(C)cc1NN. The van der Waals surface area contributed by atoms with Gasteiger partial charge in [-0.3, -0.25) is 10.6 Å². The Kier molecular flexibility index (Phi) is 6.36. The quantitative estimate of drug-likeness (QED) is 0.402. The van der Waals surface area contributed by atoms with Crippen molar-refractivity contribution in [2.24, 2.45) is 5.84 Å². The minimum atomic E-state index is -0.0723. The Morgan fingerprint density at radius 2 is 2.11 bits per heavy atom. The molecule has 1 aromatic rings. The van der Waals surface area contributed by atoms with E-state index in [1.807, 2.05) is 26.0 Å². The highest BCUT2D eigenvalue weighted by atomic mass is 16.1. The fourth-order valence-electron chi connectivity index (χ4n) is 2.05. The molecule has 4 N–H and O–H groups in total. The number of carbonyl (C=O) groups excluding carboxylic acids is 1. The van der Waals surface area contributed by atoms with Gasteiger partial charge in [0.15, 0.2) is 0 Å². The number of nitrogens with two attached hydrogens (primary N) is 1. The molecule has 19 heavy (non-hydrogen) atoms. The van der Waals surface area contributed by atoms with Gasteiger partial charge in [-0.1, -0.05) is 32.3 Å². The first-order chi connectivity index (χ1) is 9.08. The first kappa shape index (κ1) is 15.5. The minimum absolute atomic E-state index is 0.0723. The Morgan fingerprint density at radius 1 is 1.37 bits per heavy atom. The maximum atomic E-state index is 12.2. The van der Waals surface area contributed by atoms with Gasteiger partial charge in [0.2, 0.25) is 0 Å². The second-order valence-corrected chi connectivity index (χ2v) is 5.06. The summed E-state index contributed by atoms with van der Waals surface area (Å²) < 4.78 is 0. The minimum Gasteiger partial charge on any atom is -0.350 e. The van der Waals surface area contributed by atoms with Crippen LogP contribution in [0.15, 0.2) is 18.2 Å². The lowest BCUT2D eigenvalue weighted by molar-refractivity contribution is 0.0938. The van der Waals surface area contributed by atoms with Crippen LogP contribution in [0, 0.1) is 6.92 Å². The van der Waals surface area contributed by atoms with Crippen LogP contribution in [-0.4, -0.2) is 11.9 Å². The maximum Gasteiger partial charge on any atom is 0.253 e. The van der Waals surface area contributed by atoms with Crippen molar-refractivity contribution in [3.8, 4) is 0 Å². The van der Waals surface area contributed by atoms with Gasteiger partial charge in [0.05, 0.1) is 11.3 Å². The lowest BCUT2D eigenvalue weighted by Crippen LogP contribution is -2.33. The fraction of sp³-hybridized carbons (Fsp3) is 0.533. The van der Waals surface area contributed by atoms with Crippen molar-refractivity contribution in [2.75, 3.05) is 5.43 Å². The number of benzene rings is 1. The molecule has 0 heterocycles. The lowest BCUT2D eigenvalue weighted by atomic mass is 10.1. The van der Waals surface area contributed by atoms with E-state index < -0.39 is 0 Å². The summed E-state index contributed by atoms with van der Waals surface area (Å²) in [6.07, 6.45) is 4.56. The summed E-state index contributed by atoms with van der Waals surface area (Å²) in [5.41, 5.74) is 4.91. The van der Waals surface area contributed by atoms with Crippen molar-refractivity contribution < 1.29 is 4.79 Å². The van der Waals surface area contributed by atoms with Gasteiger partial charge < -0.3 is 10.7 Å². The standard InChI is InChI=1S/C15H25N3O/c1-4-5-6-7-12(3)17-15(19)13-9-8-11(2)10-14(13)18-16/h8-10,12,18H,4-7,16H2,1-3H3,(H,17,19). The van der Waals surface area contributed by atoms with Crippen LogP contribution in [0.4, 0.5) is 5.69 Å². The summed E-state index contributed by atoms with van der Waals surface area (Å²) in [6, 6.07) is 5.78. The molecule has 0 bridgehead atoms. The summed E-state index contributed by atoms with van der Waals surface area (Å²) in [6.45, 7) is 6.18. The molecule has 106 valence electrons. The van der Waals surface area contributed by atoms with Crippen LogP contribution >= 0.6 is 0 Å². The van der Waals surface area contributed by atoms with Crippen molar-refractivity contribution in [1.29, 1.82) is 0 Å².